The van der Waals surface area contributed by atoms with E-state index in [4.69, 9.17) is 0 Å². The molecule has 0 bridgehead atoms. The third-order valence-electron chi connectivity index (χ3n) is 2.53. The third-order valence-corrected chi connectivity index (χ3v) is 2.53. The van der Waals surface area contributed by atoms with E-state index in [1.54, 1.807) is 11.6 Å². The molecular weight excluding hydrogens is 214 g/mol. The molecule has 0 aliphatic carbocycles. The normalized spacial score (nSPS) is 10.2. The van der Waals surface area contributed by atoms with Gasteiger partial charge in [-0.25, -0.2) is 0 Å². The van der Waals surface area contributed by atoms with Gasteiger partial charge in [0.1, 0.15) is 0 Å². The Morgan fingerprint density at radius 2 is 2.00 bits per heavy atom. The highest BCUT2D eigenvalue weighted by Crippen LogP contribution is 2.11. The maximum Gasteiger partial charge on any atom is 0.159 e. The molecular formula is C13H15N3O. The number of hydrogen-bond donors (Lipinski definition) is 1. The van der Waals surface area contributed by atoms with E-state index in [1.165, 1.54) is 0 Å². The first-order chi connectivity index (χ1) is 8.15. The van der Waals surface area contributed by atoms with Crippen molar-refractivity contribution in [2.75, 3.05) is 5.32 Å². The minimum absolute atomic E-state index is 0.0845. The Morgan fingerprint density at radius 1 is 1.29 bits per heavy atom. The van der Waals surface area contributed by atoms with Gasteiger partial charge in [0, 0.05) is 24.5 Å². The smallest absolute Gasteiger partial charge is 0.159 e. The molecule has 1 N–H and O–H groups in total. The zero-order valence-electron chi connectivity index (χ0n) is 9.97. The van der Waals surface area contributed by atoms with Crippen LogP contribution in [0, 0.1) is 0 Å². The lowest BCUT2D eigenvalue weighted by Gasteiger charge is -2.04. The Hall–Kier alpha value is -2.10. The van der Waals surface area contributed by atoms with Crippen molar-refractivity contribution in [3.8, 4) is 0 Å². The molecule has 0 saturated carbocycles. The fraction of sp³-hybridized carbons (Fsp3) is 0.231. The molecule has 0 radical (unpaired) electrons. The fourth-order valence-electron chi connectivity index (χ4n) is 1.57. The zero-order valence-corrected chi connectivity index (χ0v) is 9.97. The van der Waals surface area contributed by atoms with Gasteiger partial charge in [-0.3, -0.25) is 9.48 Å². The van der Waals surface area contributed by atoms with E-state index in [2.05, 4.69) is 10.4 Å². The monoisotopic (exact) mass is 229 g/mol. The second kappa shape index (κ2) is 4.82. The van der Waals surface area contributed by atoms with Crippen molar-refractivity contribution < 1.29 is 4.79 Å². The van der Waals surface area contributed by atoms with Gasteiger partial charge in [0.15, 0.2) is 5.78 Å². The topological polar surface area (TPSA) is 46.9 Å². The number of carbonyl (C=O) groups is 1. The van der Waals surface area contributed by atoms with Crippen molar-refractivity contribution in [3.05, 3.63) is 47.8 Å². The molecule has 0 unspecified atom stereocenters. The minimum Gasteiger partial charge on any atom is -0.379 e. The maximum atomic E-state index is 11.1. The lowest BCUT2D eigenvalue weighted by atomic mass is 10.1. The maximum absolute atomic E-state index is 11.1. The van der Waals surface area contributed by atoms with Crippen molar-refractivity contribution >= 4 is 11.5 Å². The average molecular weight is 229 g/mol. The number of aromatic nitrogens is 2. The van der Waals surface area contributed by atoms with Crippen molar-refractivity contribution in [3.63, 3.8) is 0 Å². The van der Waals surface area contributed by atoms with E-state index < -0.39 is 0 Å². The van der Waals surface area contributed by atoms with Crippen LogP contribution in [-0.2, 0) is 13.6 Å². The lowest BCUT2D eigenvalue weighted by molar-refractivity contribution is 0.101. The highest BCUT2D eigenvalue weighted by Gasteiger charge is 2.00. The number of aryl methyl sites for hydroxylation is 1. The number of Topliss-reactive ketones (excluding diaryl/α,β-unsaturated/α-hetero) is 1. The number of nitrogens with zero attached hydrogens (tertiary/aromatic N) is 2. The summed E-state index contributed by atoms with van der Waals surface area (Å²) in [6.07, 6.45) is 1.91. The molecule has 0 spiro atoms. The summed E-state index contributed by atoms with van der Waals surface area (Å²) in [5, 5.41) is 7.52. The van der Waals surface area contributed by atoms with Gasteiger partial charge in [0.2, 0.25) is 0 Å². The van der Waals surface area contributed by atoms with Gasteiger partial charge in [-0.15, -0.1) is 0 Å². The number of carbonyl (C=O) groups excluding carboxylic acids is 1. The van der Waals surface area contributed by atoms with Crippen LogP contribution < -0.4 is 5.32 Å². The van der Waals surface area contributed by atoms with Crippen molar-refractivity contribution in [2.45, 2.75) is 13.5 Å². The molecule has 0 atom stereocenters. The Balaban J connectivity index is 1.97. The Kier molecular flexibility index (Phi) is 3.23. The molecule has 0 saturated heterocycles. The molecule has 1 heterocycles. The molecule has 0 amide bonds. The highest BCUT2D eigenvalue weighted by atomic mass is 16.1. The van der Waals surface area contributed by atoms with Crippen LogP contribution in [0.5, 0.6) is 0 Å². The molecule has 4 heteroatoms. The first-order valence-corrected chi connectivity index (χ1v) is 5.48. The van der Waals surface area contributed by atoms with Gasteiger partial charge in [0.05, 0.1) is 12.2 Å². The van der Waals surface area contributed by atoms with E-state index in [1.807, 2.05) is 43.6 Å². The third kappa shape index (κ3) is 2.93. The molecule has 88 valence electrons. The van der Waals surface area contributed by atoms with Crippen LogP contribution in [0.3, 0.4) is 0 Å². The van der Waals surface area contributed by atoms with Crippen molar-refractivity contribution in [1.29, 1.82) is 0 Å². The van der Waals surface area contributed by atoms with Crippen molar-refractivity contribution in [1.82, 2.24) is 9.78 Å². The molecule has 17 heavy (non-hydrogen) atoms. The zero-order chi connectivity index (χ0) is 12.3. The largest absolute Gasteiger partial charge is 0.379 e. The highest BCUT2D eigenvalue weighted by molar-refractivity contribution is 5.94. The van der Waals surface area contributed by atoms with E-state index in [-0.39, 0.29) is 5.78 Å². The van der Waals surface area contributed by atoms with Crippen LogP contribution in [0.1, 0.15) is 23.0 Å². The van der Waals surface area contributed by atoms with Crippen LogP contribution in [0.4, 0.5) is 5.69 Å². The summed E-state index contributed by atoms with van der Waals surface area (Å²) in [5.74, 6) is 0.0845. The summed E-state index contributed by atoms with van der Waals surface area (Å²) in [6, 6.07) is 9.42. The van der Waals surface area contributed by atoms with E-state index in [0.29, 0.717) is 6.54 Å². The lowest BCUT2D eigenvalue weighted by Crippen LogP contribution is -2.01. The summed E-state index contributed by atoms with van der Waals surface area (Å²) < 4.78 is 1.77. The summed E-state index contributed by atoms with van der Waals surface area (Å²) in [6.45, 7) is 2.25. The number of rotatable bonds is 4. The van der Waals surface area contributed by atoms with Crippen LogP contribution in [0.2, 0.25) is 0 Å². The number of anilines is 1. The van der Waals surface area contributed by atoms with Gasteiger partial charge in [-0.1, -0.05) is 0 Å². The van der Waals surface area contributed by atoms with E-state index in [0.717, 1.165) is 16.9 Å². The van der Waals surface area contributed by atoms with Crippen LogP contribution in [-0.4, -0.2) is 15.6 Å². The van der Waals surface area contributed by atoms with E-state index in [9.17, 15) is 4.79 Å². The molecule has 0 aliphatic rings. The summed E-state index contributed by atoms with van der Waals surface area (Å²) in [5.41, 5.74) is 2.71. The summed E-state index contributed by atoms with van der Waals surface area (Å²) in [7, 11) is 1.89. The predicted molar refractivity (Wildman–Crippen MR) is 67.0 cm³/mol. The number of nitrogens with one attached hydrogen (secondary N) is 1. The predicted octanol–water partition coefficient (Wildman–Crippen LogP) is 2.23. The van der Waals surface area contributed by atoms with Gasteiger partial charge < -0.3 is 5.32 Å². The molecule has 2 aromatic rings. The Bertz CT molecular complexity index is 514. The average Bonchev–Trinajstić information content (AvgIpc) is 2.73. The first-order valence-electron chi connectivity index (χ1n) is 5.48. The van der Waals surface area contributed by atoms with Crippen molar-refractivity contribution in [2.24, 2.45) is 7.05 Å². The number of ketones is 1. The van der Waals surface area contributed by atoms with Gasteiger partial charge in [0.25, 0.3) is 0 Å². The molecule has 0 fully saturated rings. The standard InChI is InChI=1S/C13H15N3O/c1-10(17)11-3-5-12(6-4-11)14-9-13-7-8-16(2)15-13/h3-8,14H,9H2,1-2H3. The molecule has 0 aliphatic heterocycles. The van der Waals surface area contributed by atoms with Crippen LogP contribution in [0.25, 0.3) is 0 Å². The van der Waals surface area contributed by atoms with Gasteiger partial charge in [-0.05, 0) is 37.3 Å². The Labute approximate surface area is 100 Å². The van der Waals surface area contributed by atoms with Crippen LogP contribution >= 0.6 is 0 Å². The van der Waals surface area contributed by atoms with Crippen LogP contribution in [0.15, 0.2) is 36.5 Å². The molecule has 1 aromatic carbocycles. The second-order valence-corrected chi connectivity index (χ2v) is 3.97. The second-order valence-electron chi connectivity index (χ2n) is 3.97. The number of benzene rings is 1. The number of hydrogen-bond acceptors (Lipinski definition) is 3. The fourth-order valence-corrected chi connectivity index (χ4v) is 1.57. The summed E-state index contributed by atoms with van der Waals surface area (Å²) >= 11 is 0. The molecule has 1 aromatic heterocycles. The molecule has 4 nitrogen and oxygen atoms in total. The van der Waals surface area contributed by atoms with E-state index >= 15 is 0 Å². The first kappa shape index (κ1) is 11.4. The van der Waals surface area contributed by atoms with Gasteiger partial charge in [-0.2, -0.15) is 5.10 Å². The van der Waals surface area contributed by atoms with Gasteiger partial charge >= 0.3 is 0 Å². The Morgan fingerprint density at radius 3 is 2.53 bits per heavy atom. The quantitative estimate of drug-likeness (QED) is 0.818. The SMILES string of the molecule is CC(=O)c1ccc(NCc2ccn(C)n2)cc1. The molecule has 2 rings (SSSR count). The summed E-state index contributed by atoms with van der Waals surface area (Å²) in [4.78, 5) is 11.1. The minimum atomic E-state index is 0.0845.